The van der Waals surface area contributed by atoms with E-state index in [0.29, 0.717) is 18.4 Å². The van der Waals surface area contributed by atoms with Crippen molar-refractivity contribution in [1.29, 1.82) is 0 Å². The Morgan fingerprint density at radius 1 is 1.32 bits per heavy atom. The van der Waals surface area contributed by atoms with Crippen LogP contribution in [0.2, 0.25) is 0 Å². The van der Waals surface area contributed by atoms with E-state index in [2.05, 4.69) is 33.2 Å². The molecular formula is C21H24N4O3. The summed E-state index contributed by atoms with van der Waals surface area (Å²) in [5.74, 6) is 2.17. The molecule has 1 aliphatic carbocycles. The van der Waals surface area contributed by atoms with Gasteiger partial charge in [0.25, 0.3) is 0 Å². The molecule has 7 nitrogen and oxygen atoms in total. The number of hydrogen-bond acceptors (Lipinski definition) is 5. The Morgan fingerprint density at radius 2 is 2.14 bits per heavy atom. The zero-order valence-electron chi connectivity index (χ0n) is 16.1. The van der Waals surface area contributed by atoms with E-state index in [1.54, 1.807) is 0 Å². The van der Waals surface area contributed by atoms with Gasteiger partial charge in [-0.05, 0) is 56.7 Å². The number of hydrogen-bond donors (Lipinski definition) is 2. The Hall–Kier alpha value is -2.67. The number of nitrogens with one attached hydrogen (secondary N) is 1. The van der Waals surface area contributed by atoms with E-state index < -0.39 is 0 Å². The minimum Gasteiger partial charge on any atom is -0.396 e. The summed E-state index contributed by atoms with van der Waals surface area (Å²) in [5, 5.41) is 16.6. The van der Waals surface area contributed by atoms with Gasteiger partial charge in [-0.1, -0.05) is 11.2 Å². The van der Waals surface area contributed by atoms with Crippen molar-refractivity contribution in [2.45, 2.75) is 51.6 Å². The third-order valence-electron chi connectivity index (χ3n) is 6.18. The van der Waals surface area contributed by atoms with Crippen LogP contribution in [0, 0.1) is 19.8 Å². The molecule has 2 fully saturated rings. The molecule has 3 aromatic rings. The van der Waals surface area contributed by atoms with Crippen molar-refractivity contribution in [3.05, 3.63) is 35.5 Å². The summed E-state index contributed by atoms with van der Waals surface area (Å²) in [6.07, 6.45) is 3.21. The highest BCUT2D eigenvalue weighted by atomic mass is 16.5. The SMILES string of the molecule is Cc1noc(C)c1-c1ccc2c(c1)nc(C1CCC(=O)N1)n2C1CC(CO)C1. The third kappa shape index (κ3) is 2.64. The number of aliphatic hydroxyl groups is 1. The van der Waals surface area contributed by atoms with Crippen LogP contribution in [0.1, 0.15) is 55.0 Å². The summed E-state index contributed by atoms with van der Waals surface area (Å²) in [6.45, 7) is 4.09. The molecule has 0 radical (unpaired) electrons. The van der Waals surface area contributed by atoms with Crippen LogP contribution in [-0.4, -0.2) is 32.3 Å². The van der Waals surface area contributed by atoms with Crippen molar-refractivity contribution < 1.29 is 14.4 Å². The van der Waals surface area contributed by atoms with Gasteiger partial charge in [0.05, 0.1) is 22.8 Å². The monoisotopic (exact) mass is 380 g/mol. The smallest absolute Gasteiger partial charge is 0.220 e. The first-order valence-corrected chi connectivity index (χ1v) is 9.90. The molecule has 3 heterocycles. The number of carbonyl (C=O) groups excluding carboxylic acids is 1. The number of rotatable bonds is 4. The van der Waals surface area contributed by atoms with Gasteiger partial charge in [0.1, 0.15) is 11.6 Å². The molecule has 146 valence electrons. The second-order valence-corrected chi connectivity index (χ2v) is 8.08. The van der Waals surface area contributed by atoms with E-state index in [0.717, 1.165) is 58.7 Å². The molecule has 1 aromatic carbocycles. The van der Waals surface area contributed by atoms with E-state index in [1.807, 2.05) is 13.8 Å². The first kappa shape index (κ1) is 17.4. The highest BCUT2D eigenvalue weighted by Gasteiger charge is 2.35. The molecular weight excluding hydrogens is 356 g/mol. The number of fused-ring (bicyclic) bond motifs is 1. The Morgan fingerprint density at radius 3 is 2.79 bits per heavy atom. The largest absolute Gasteiger partial charge is 0.396 e. The van der Waals surface area contributed by atoms with Crippen molar-refractivity contribution in [3.63, 3.8) is 0 Å². The van der Waals surface area contributed by atoms with Gasteiger partial charge in [0, 0.05) is 24.6 Å². The zero-order valence-corrected chi connectivity index (χ0v) is 16.1. The molecule has 1 aliphatic heterocycles. The topological polar surface area (TPSA) is 93.2 Å². The average molecular weight is 380 g/mol. The maximum absolute atomic E-state index is 11.8. The summed E-state index contributed by atoms with van der Waals surface area (Å²) in [6, 6.07) is 6.55. The number of amides is 1. The van der Waals surface area contributed by atoms with Crippen LogP contribution in [0.4, 0.5) is 0 Å². The average Bonchev–Trinajstić information content (AvgIpc) is 3.31. The van der Waals surface area contributed by atoms with Gasteiger partial charge in [-0.15, -0.1) is 0 Å². The minimum absolute atomic E-state index is 0.0457. The Labute approximate surface area is 162 Å². The van der Waals surface area contributed by atoms with E-state index in [1.165, 1.54) is 0 Å². The maximum Gasteiger partial charge on any atom is 0.220 e. The molecule has 2 aromatic heterocycles. The summed E-state index contributed by atoms with van der Waals surface area (Å²) >= 11 is 0. The lowest BCUT2D eigenvalue weighted by Crippen LogP contribution is -2.32. The molecule has 1 unspecified atom stereocenters. The number of aromatic nitrogens is 3. The van der Waals surface area contributed by atoms with Crippen LogP contribution in [0.3, 0.4) is 0 Å². The molecule has 5 rings (SSSR count). The van der Waals surface area contributed by atoms with Gasteiger partial charge in [-0.2, -0.15) is 0 Å². The zero-order chi connectivity index (χ0) is 19.4. The van der Waals surface area contributed by atoms with Crippen molar-refractivity contribution in [2.24, 2.45) is 5.92 Å². The van der Waals surface area contributed by atoms with Crippen LogP contribution in [0.25, 0.3) is 22.2 Å². The van der Waals surface area contributed by atoms with Crippen LogP contribution in [0.5, 0.6) is 0 Å². The van der Waals surface area contributed by atoms with Gasteiger partial charge in [0.15, 0.2) is 0 Å². The fraction of sp³-hybridized carbons (Fsp3) is 0.476. The van der Waals surface area contributed by atoms with E-state index in [4.69, 9.17) is 9.51 Å². The summed E-state index contributed by atoms with van der Waals surface area (Å²) in [4.78, 5) is 16.7. The molecule has 0 bridgehead atoms. The molecule has 1 saturated heterocycles. The predicted octanol–water partition coefficient (Wildman–Crippen LogP) is 3.20. The molecule has 28 heavy (non-hydrogen) atoms. The lowest BCUT2D eigenvalue weighted by molar-refractivity contribution is -0.119. The molecule has 1 atom stereocenters. The number of carbonyl (C=O) groups is 1. The molecule has 1 amide bonds. The second kappa shape index (κ2) is 6.44. The van der Waals surface area contributed by atoms with E-state index >= 15 is 0 Å². The van der Waals surface area contributed by atoms with Crippen LogP contribution in [0.15, 0.2) is 22.7 Å². The molecule has 0 spiro atoms. The van der Waals surface area contributed by atoms with E-state index in [9.17, 15) is 9.90 Å². The van der Waals surface area contributed by atoms with E-state index in [-0.39, 0.29) is 18.6 Å². The number of aryl methyl sites for hydroxylation is 2. The van der Waals surface area contributed by atoms with Gasteiger partial charge >= 0.3 is 0 Å². The number of benzene rings is 1. The number of imidazole rings is 1. The maximum atomic E-state index is 11.8. The normalized spacial score (nSPS) is 24.5. The van der Waals surface area contributed by atoms with Gasteiger partial charge in [0.2, 0.25) is 5.91 Å². The summed E-state index contributed by atoms with van der Waals surface area (Å²) < 4.78 is 7.61. The van der Waals surface area contributed by atoms with Gasteiger partial charge in [-0.25, -0.2) is 4.98 Å². The molecule has 7 heteroatoms. The first-order valence-electron chi connectivity index (χ1n) is 9.90. The quantitative estimate of drug-likeness (QED) is 0.725. The predicted molar refractivity (Wildman–Crippen MR) is 104 cm³/mol. The van der Waals surface area contributed by atoms with Gasteiger partial charge < -0.3 is 19.5 Å². The summed E-state index contributed by atoms with van der Waals surface area (Å²) in [5.41, 5.74) is 4.91. The lowest BCUT2D eigenvalue weighted by atomic mass is 9.80. The highest BCUT2D eigenvalue weighted by Crippen LogP contribution is 2.42. The van der Waals surface area contributed by atoms with Crippen molar-refractivity contribution in [1.82, 2.24) is 20.0 Å². The Bertz CT molecular complexity index is 1040. The first-order chi connectivity index (χ1) is 13.5. The number of nitrogens with zero attached hydrogens (tertiary/aromatic N) is 3. The fourth-order valence-electron chi connectivity index (χ4n) is 4.67. The van der Waals surface area contributed by atoms with Crippen LogP contribution >= 0.6 is 0 Å². The lowest BCUT2D eigenvalue weighted by Gasteiger charge is -2.37. The minimum atomic E-state index is -0.0457. The van der Waals surface area contributed by atoms with Crippen molar-refractivity contribution in [3.8, 4) is 11.1 Å². The second-order valence-electron chi connectivity index (χ2n) is 8.08. The summed E-state index contributed by atoms with van der Waals surface area (Å²) in [7, 11) is 0. The fourth-order valence-corrected chi connectivity index (χ4v) is 4.67. The molecule has 2 N–H and O–H groups in total. The van der Waals surface area contributed by atoms with Crippen LogP contribution < -0.4 is 5.32 Å². The van der Waals surface area contributed by atoms with Crippen molar-refractivity contribution >= 4 is 16.9 Å². The third-order valence-corrected chi connectivity index (χ3v) is 6.18. The Balaban J connectivity index is 1.62. The van der Waals surface area contributed by atoms with Crippen LogP contribution in [-0.2, 0) is 4.79 Å². The molecule has 2 aliphatic rings. The molecule has 1 saturated carbocycles. The van der Waals surface area contributed by atoms with Crippen molar-refractivity contribution in [2.75, 3.05) is 6.61 Å². The Kier molecular flexibility index (Phi) is 4.01. The van der Waals surface area contributed by atoms with Gasteiger partial charge in [-0.3, -0.25) is 4.79 Å². The highest BCUT2D eigenvalue weighted by molar-refractivity contribution is 5.84. The standard InChI is InChI=1S/C21H24N4O3/c1-11-20(12(2)28-24-11)14-3-5-18-17(9-14)23-21(16-4-6-19(27)22-16)25(18)15-7-13(8-15)10-26/h3,5,9,13,15-16,26H,4,6-8,10H2,1-2H3,(H,22,27). The number of aliphatic hydroxyl groups excluding tert-OH is 1.